The van der Waals surface area contributed by atoms with Gasteiger partial charge < -0.3 is 5.73 Å². The Kier molecular flexibility index (Phi) is 4.29. The van der Waals surface area contributed by atoms with E-state index < -0.39 is 10.0 Å². The average molecular weight is 305 g/mol. The average Bonchev–Trinajstić information content (AvgIpc) is 2.43. The number of nitrogen functional groups attached to an aromatic ring is 1. The number of aryl methyl sites for hydroxylation is 2. The van der Waals surface area contributed by atoms with Crippen molar-refractivity contribution < 1.29 is 8.42 Å². The number of anilines is 1. The Morgan fingerprint density at radius 2 is 1.90 bits per heavy atom. The van der Waals surface area contributed by atoms with Crippen molar-refractivity contribution in [2.24, 2.45) is 0 Å². The quantitative estimate of drug-likeness (QED) is 0.847. The van der Waals surface area contributed by atoms with Gasteiger partial charge in [-0.2, -0.15) is 0 Å². The zero-order valence-corrected chi connectivity index (χ0v) is 13.2. The molecule has 112 valence electrons. The Morgan fingerprint density at radius 3 is 2.48 bits per heavy atom. The van der Waals surface area contributed by atoms with E-state index in [-0.39, 0.29) is 11.4 Å². The van der Waals surface area contributed by atoms with Crippen LogP contribution in [-0.2, 0) is 16.6 Å². The van der Waals surface area contributed by atoms with Gasteiger partial charge in [0.1, 0.15) is 0 Å². The number of benzene rings is 1. The minimum absolute atomic E-state index is 0.183. The molecule has 21 heavy (non-hydrogen) atoms. The van der Waals surface area contributed by atoms with Gasteiger partial charge in [-0.15, -0.1) is 0 Å². The van der Waals surface area contributed by atoms with Crippen LogP contribution in [0.4, 0.5) is 5.69 Å². The fourth-order valence-corrected chi connectivity index (χ4v) is 3.01. The van der Waals surface area contributed by atoms with E-state index in [2.05, 4.69) is 9.71 Å². The van der Waals surface area contributed by atoms with Gasteiger partial charge in [-0.1, -0.05) is 6.07 Å². The van der Waals surface area contributed by atoms with Crippen LogP contribution in [0.25, 0.3) is 0 Å². The highest BCUT2D eigenvalue weighted by Crippen LogP contribution is 2.21. The maximum Gasteiger partial charge on any atom is 0.240 e. The van der Waals surface area contributed by atoms with Gasteiger partial charge in [0.15, 0.2) is 0 Å². The first-order valence-electron chi connectivity index (χ1n) is 6.57. The molecule has 0 radical (unpaired) electrons. The molecule has 1 aromatic carbocycles. The smallest absolute Gasteiger partial charge is 0.240 e. The monoisotopic (exact) mass is 305 g/mol. The van der Waals surface area contributed by atoms with E-state index in [9.17, 15) is 8.42 Å². The fraction of sp³-hybridized carbons (Fsp3) is 0.267. The van der Waals surface area contributed by atoms with Gasteiger partial charge in [0.2, 0.25) is 10.0 Å². The summed E-state index contributed by atoms with van der Waals surface area (Å²) in [6, 6.07) is 6.80. The van der Waals surface area contributed by atoms with Crippen LogP contribution in [0.3, 0.4) is 0 Å². The van der Waals surface area contributed by atoms with Crippen LogP contribution in [0.1, 0.15) is 22.4 Å². The summed E-state index contributed by atoms with van der Waals surface area (Å²) >= 11 is 0. The highest BCUT2D eigenvalue weighted by molar-refractivity contribution is 7.89. The van der Waals surface area contributed by atoms with Gasteiger partial charge in [0.25, 0.3) is 0 Å². The summed E-state index contributed by atoms with van der Waals surface area (Å²) in [5, 5.41) is 0. The molecule has 3 N–H and O–H groups in total. The number of hydrogen-bond donors (Lipinski definition) is 2. The summed E-state index contributed by atoms with van der Waals surface area (Å²) in [4.78, 5) is 4.32. The van der Waals surface area contributed by atoms with Crippen LogP contribution in [-0.4, -0.2) is 13.4 Å². The Hall–Kier alpha value is -1.92. The number of nitrogens with one attached hydrogen (secondary N) is 1. The lowest BCUT2D eigenvalue weighted by Crippen LogP contribution is -2.23. The van der Waals surface area contributed by atoms with Crippen LogP contribution >= 0.6 is 0 Å². The minimum Gasteiger partial charge on any atom is -0.398 e. The molecule has 0 spiro atoms. The molecule has 5 nitrogen and oxygen atoms in total. The lowest BCUT2D eigenvalue weighted by molar-refractivity contribution is 0.581. The summed E-state index contributed by atoms with van der Waals surface area (Å²) in [6.45, 7) is 5.79. The van der Waals surface area contributed by atoms with E-state index in [1.54, 1.807) is 12.3 Å². The molecule has 0 unspecified atom stereocenters. The van der Waals surface area contributed by atoms with Crippen LogP contribution in [0.15, 0.2) is 35.4 Å². The number of hydrogen-bond acceptors (Lipinski definition) is 4. The van der Waals surface area contributed by atoms with Crippen molar-refractivity contribution in [3.05, 3.63) is 52.8 Å². The lowest BCUT2D eigenvalue weighted by atomic mass is 10.1. The van der Waals surface area contributed by atoms with E-state index in [0.29, 0.717) is 5.69 Å². The predicted octanol–water partition coefficient (Wildman–Crippen LogP) is 2.07. The van der Waals surface area contributed by atoms with Crippen LogP contribution in [0.2, 0.25) is 0 Å². The number of pyridine rings is 1. The van der Waals surface area contributed by atoms with Crippen molar-refractivity contribution in [3.63, 3.8) is 0 Å². The molecular weight excluding hydrogens is 286 g/mol. The molecule has 2 aromatic rings. The standard InChI is InChI=1S/C15H19N3O2S/c1-10-6-14(7-15(16)12(10)3)21(19,20)18-9-13-5-4-11(2)17-8-13/h4-8,18H,9,16H2,1-3H3. The number of nitrogens with zero attached hydrogens (tertiary/aromatic N) is 1. The summed E-state index contributed by atoms with van der Waals surface area (Å²) in [6.07, 6.45) is 1.66. The second kappa shape index (κ2) is 5.83. The molecule has 6 heteroatoms. The second-order valence-electron chi connectivity index (χ2n) is 5.09. The number of nitrogens with two attached hydrogens (primary N) is 1. The number of sulfonamides is 1. The predicted molar refractivity (Wildman–Crippen MR) is 83.3 cm³/mol. The Labute approximate surface area is 125 Å². The van der Waals surface area contributed by atoms with E-state index in [1.807, 2.05) is 32.9 Å². The third-order valence-corrected chi connectivity index (χ3v) is 4.81. The number of rotatable bonds is 4. The largest absolute Gasteiger partial charge is 0.398 e. The van der Waals surface area contributed by atoms with Crippen molar-refractivity contribution in [3.8, 4) is 0 Å². The van der Waals surface area contributed by atoms with Crippen molar-refractivity contribution in [1.82, 2.24) is 9.71 Å². The summed E-state index contributed by atoms with van der Waals surface area (Å²) in [5.41, 5.74) is 9.77. The molecule has 1 aromatic heterocycles. The highest BCUT2D eigenvalue weighted by atomic mass is 32.2. The lowest BCUT2D eigenvalue weighted by Gasteiger charge is -2.11. The molecule has 0 atom stereocenters. The molecule has 2 rings (SSSR count). The summed E-state index contributed by atoms with van der Waals surface area (Å²) in [7, 11) is -3.59. The van der Waals surface area contributed by atoms with Crippen LogP contribution in [0.5, 0.6) is 0 Å². The Morgan fingerprint density at radius 1 is 1.19 bits per heavy atom. The third kappa shape index (κ3) is 3.59. The molecular formula is C15H19N3O2S. The maximum absolute atomic E-state index is 12.3. The SMILES string of the molecule is Cc1ccc(CNS(=O)(=O)c2cc(C)c(C)c(N)c2)cn1. The fourth-order valence-electron chi connectivity index (χ4n) is 1.87. The molecule has 0 aliphatic rings. The topological polar surface area (TPSA) is 85.1 Å². The Balaban J connectivity index is 2.20. The molecule has 0 bridgehead atoms. The van der Waals surface area contributed by atoms with Crippen molar-refractivity contribution in [2.45, 2.75) is 32.2 Å². The molecule has 0 aliphatic heterocycles. The zero-order chi connectivity index (χ0) is 15.6. The normalized spacial score (nSPS) is 11.6. The first kappa shape index (κ1) is 15.5. The highest BCUT2D eigenvalue weighted by Gasteiger charge is 2.16. The molecule has 0 saturated carbocycles. The van der Waals surface area contributed by atoms with Crippen LogP contribution < -0.4 is 10.5 Å². The molecule has 0 fully saturated rings. The molecule has 1 heterocycles. The van der Waals surface area contributed by atoms with Gasteiger partial charge in [-0.05, 0) is 55.7 Å². The zero-order valence-electron chi connectivity index (χ0n) is 12.3. The summed E-state index contributed by atoms with van der Waals surface area (Å²) in [5.74, 6) is 0. The second-order valence-corrected chi connectivity index (χ2v) is 6.85. The van der Waals surface area contributed by atoms with Crippen molar-refractivity contribution in [1.29, 1.82) is 0 Å². The molecule has 0 aliphatic carbocycles. The van der Waals surface area contributed by atoms with E-state index in [1.165, 1.54) is 6.07 Å². The molecule has 0 amide bonds. The van der Waals surface area contributed by atoms with Gasteiger partial charge in [0.05, 0.1) is 4.90 Å². The Bertz CT molecular complexity index is 730. The van der Waals surface area contributed by atoms with Gasteiger partial charge in [0, 0.05) is 24.1 Å². The van der Waals surface area contributed by atoms with Gasteiger partial charge in [-0.3, -0.25) is 4.98 Å². The van der Waals surface area contributed by atoms with E-state index in [0.717, 1.165) is 22.4 Å². The van der Waals surface area contributed by atoms with Crippen molar-refractivity contribution >= 4 is 15.7 Å². The van der Waals surface area contributed by atoms with E-state index >= 15 is 0 Å². The maximum atomic E-state index is 12.3. The first-order valence-corrected chi connectivity index (χ1v) is 8.06. The molecule has 0 saturated heterocycles. The van der Waals surface area contributed by atoms with Crippen molar-refractivity contribution in [2.75, 3.05) is 5.73 Å². The minimum atomic E-state index is -3.59. The van der Waals surface area contributed by atoms with Gasteiger partial charge >= 0.3 is 0 Å². The first-order chi connectivity index (χ1) is 9.79. The van der Waals surface area contributed by atoms with E-state index in [4.69, 9.17) is 5.73 Å². The van der Waals surface area contributed by atoms with Gasteiger partial charge in [-0.25, -0.2) is 13.1 Å². The number of aromatic nitrogens is 1. The third-order valence-electron chi connectivity index (χ3n) is 3.43. The van der Waals surface area contributed by atoms with Crippen LogP contribution in [0, 0.1) is 20.8 Å². The summed E-state index contributed by atoms with van der Waals surface area (Å²) < 4.78 is 27.2.